The van der Waals surface area contributed by atoms with Crippen molar-refractivity contribution in [3.63, 3.8) is 0 Å². The highest BCUT2D eigenvalue weighted by Crippen LogP contribution is 2.28. The number of rotatable bonds is 0. The Bertz CT molecular complexity index is 140. The summed E-state index contributed by atoms with van der Waals surface area (Å²) in [4.78, 5) is 0. The Balaban J connectivity index is 2.03. The molecule has 0 saturated carbocycles. The van der Waals surface area contributed by atoms with Crippen molar-refractivity contribution < 1.29 is 0 Å². The van der Waals surface area contributed by atoms with E-state index in [2.05, 4.69) is 17.5 Å². The van der Waals surface area contributed by atoms with Gasteiger partial charge in [0, 0.05) is 0 Å². The third-order valence-electron chi connectivity index (χ3n) is 2.75. The van der Waals surface area contributed by atoms with E-state index >= 15 is 0 Å². The second kappa shape index (κ2) is 2.75. The maximum Gasteiger partial charge on any atom is -0.00148 e. The van der Waals surface area contributed by atoms with Crippen LogP contribution in [0.3, 0.4) is 0 Å². The monoisotopic (exact) mass is 137 g/mol. The quantitative estimate of drug-likeness (QED) is 0.500. The standard InChI is InChI=1S/C9H15N/c1-2-4-9-7-10-6-5-8(9)3-1/h1,3,8-10H,2,4-7H2. The Hall–Kier alpha value is -0.300. The van der Waals surface area contributed by atoms with Gasteiger partial charge in [-0.3, -0.25) is 0 Å². The van der Waals surface area contributed by atoms with Crippen molar-refractivity contribution in [1.82, 2.24) is 5.32 Å². The van der Waals surface area contributed by atoms with Gasteiger partial charge in [-0.15, -0.1) is 0 Å². The Kier molecular flexibility index (Phi) is 1.76. The first-order valence-corrected chi connectivity index (χ1v) is 4.34. The minimum absolute atomic E-state index is 0.912. The Morgan fingerprint density at radius 1 is 1.30 bits per heavy atom. The van der Waals surface area contributed by atoms with E-state index in [1.165, 1.54) is 32.4 Å². The van der Waals surface area contributed by atoms with Crippen LogP contribution in [0.4, 0.5) is 0 Å². The Morgan fingerprint density at radius 2 is 2.30 bits per heavy atom. The number of allylic oxidation sites excluding steroid dienone is 2. The van der Waals surface area contributed by atoms with Gasteiger partial charge in [-0.2, -0.15) is 0 Å². The first kappa shape index (κ1) is 6.41. The zero-order valence-corrected chi connectivity index (χ0v) is 6.34. The van der Waals surface area contributed by atoms with Crippen LogP contribution in [0.1, 0.15) is 19.3 Å². The van der Waals surface area contributed by atoms with Gasteiger partial charge < -0.3 is 5.32 Å². The number of hydrogen-bond acceptors (Lipinski definition) is 1. The molecule has 0 aromatic carbocycles. The number of piperidine rings is 1. The molecule has 0 spiro atoms. The summed E-state index contributed by atoms with van der Waals surface area (Å²) in [6.45, 7) is 2.49. The van der Waals surface area contributed by atoms with E-state index in [1.54, 1.807) is 0 Å². The lowest BCUT2D eigenvalue weighted by atomic mass is 9.80. The molecule has 2 atom stereocenters. The Morgan fingerprint density at radius 3 is 3.20 bits per heavy atom. The van der Waals surface area contributed by atoms with Gasteiger partial charge in [-0.1, -0.05) is 12.2 Å². The van der Waals surface area contributed by atoms with Crippen molar-refractivity contribution in [2.24, 2.45) is 11.8 Å². The molecule has 0 aromatic rings. The molecular weight excluding hydrogens is 122 g/mol. The molecule has 1 heterocycles. The molecule has 0 bridgehead atoms. The molecule has 2 aliphatic rings. The molecule has 1 heteroatoms. The molecular formula is C9H15N. The van der Waals surface area contributed by atoms with Crippen molar-refractivity contribution in [3.05, 3.63) is 12.2 Å². The van der Waals surface area contributed by atoms with Crippen molar-refractivity contribution in [2.45, 2.75) is 19.3 Å². The summed E-state index contributed by atoms with van der Waals surface area (Å²) in [5.74, 6) is 1.87. The van der Waals surface area contributed by atoms with Crippen molar-refractivity contribution >= 4 is 0 Å². The molecule has 1 aliphatic carbocycles. The van der Waals surface area contributed by atoms with Crippen LogP contribution in [-0.2, 0) is 0 Å². The summed E-state index contributed by atoms with van der Waals surface area (Å²) in [5, 5.41) is 3.45. The summed E-state index contributed by atoms with van der Waals surface area (Å²) < 4.78 is 0. The predicted molar refractivity (Wildman–Crippen MR) is 42.8 cm³/mol. The van der Waals surface area contributed by atoms with Crippen LogP contribution >= 0.6 is 0 Å². The molecule has 1 nitrogen and oxygen atoms in total. The summed E-state index contributed by atoms with van der Waals surface area (Å²) in [6, 6.07) is 0. The molecule has 0 radical (unpaired) electrons. The van der Waals surface area contributed by atoms with Crippen LogP contribution < -0.4 is 5.32 Å². The van der Waals surface area contributed by atoms with E-state index in [9.17, 15) is 0 Å². The van der Waals surface area contributed by atoms with Gasteiger partial charge in [-0.25, -0.2) is 0 Å². The second-order valence-electron chi connectivity index (χ2n) is 3.42. The molecule has 56 valence electrons. The first-order valence-electron chi connectivity index (χ1n) is 4.34. The van der Waals surface area contributed by atoms with Crippen LogP contribution in [0.15, 0.2) is 12.2 Å². The van der Waals surface area contributed by atoms with Gasteiger partial charge in [0.25, 0.3) is 0 Å². The predicted octanol–water partition coefficient (Wildman–Crippen LogP) is 1.56. The molecule has 1 saturated heterocycles. The van der Waals surface area contributed by atoms with Crippen LogP contribution in [-0.4, -0.2) is 13.1 Å². The number of fused-ring (bicyclic) bond motifs is 1. The molecule has 2 unspecified atom stereocenters. The zero-order chi connectivity index (χ0) is 6.81. The summed E-state index contributed by atoms with van der Waals surface area (Å²) in [7, 11) is 0. The molecule has 1 N–H and O–H groups in total. The van der Waals surface area contributed by atoms with Gasteiger partial charge in [0.1, 0.15) is 0 Å². The van der Waals surface area contributed by atoms with Gasteiger partial charge in [0.15, 0.2) is 0 Å². The lowest BCUT2D eigenvalue weighted by Gasteiger charge is -2.32. The molecule has 0 amide bonds. The van der Waals surface area contributed by atoms with E-state index in [0.717, 1.165) is 11.8 Å². The maximum absolute atomic E-state index is 3.45. The van der Waals surface area contributed by atoms with E-state index in [1.807, 2.05) is 0 Å². The summed E-state index contributed by atoms with van der Waals surface area (Å²) >= 11 is 0. The first-order chi connectivity index (χ1) is 4.97. The van der Waals surface area contributed by atoms with Gasteiger partial charge in [0.05, 0.1) is 0 Å². The van der Waals surface area contributed by atoms with Crippen LogP contribution in [0.2, 0.25) is 0 Å². The molecule has 2 rings (SSSR count). The van der Waals surface area contributed by atoms with Gasteiger partial charge in [0.2, 0.25) is 0 Å². The minimum atomic E-state index is 0.912. The zero-order valence-electron chi connectivity index (χ0n) is 6.34. The van der Waals surface area contributed by atoms with Crippen LogP contribution in [0.25, 0.3) is 0 Å². The number of hydrogen-bond donors (Lipinski definition) is 1. The third kappa shape index (κ3) is 1.10. The number of nitrogens with one attached hydrogen (secondary N) is 1. The SMILES string of the molecule is C1=CC2CCNCC2CC1. The van der Waals surface area contributed by atoms with E-state index in [-0.39, 0.29) is 0 Å². The highest BCUT2D eigenvalue weighted by Gasteiger charge is 2.23. The van der Waals surface area contributed by atoms with E-state index in [0.29, 0.717) is 0 Å². The molecule has 1 aliphatic heterocycles. The summed E-state index contributed by atoms with van der Waals surface area (Å²) in [5.41, 5.74) is 0. The second-order valence-corrected chi connectivity index (χ2v) is 3.42. The van der Waals surface area contributed by atoms with Gasteiger partial charge >= 0.3 is 0 Å². The largest absolute Gasteiger partial charge is 0.316 e. The highest BCUT2D eigenvalue weighted by molar-refractivity contribution is 4.99. The summed E-state index contributed by atoms with van der Waals surface area (Å²) in [6.07, 6.45) is 8.86. The lowest BCUT2D eigenvalue weighted by Crippen LogP contribution is -2.36. The fourth-order valence-electron chi connectivity index (χ4n) is 2.09. The van der Waals surface area contributed by atoms with Crippen LogP contribution in [0, 0.1) is 11.8 Å². The third-order valence-corrected chi connectivity index (χ3v) is 2.75. The van der Waals surface area contributed by atoms with E-state index < -0.39 is 0 Å². The molecule has 10 heavy (non-hydrogen) atoms. The smallest absolute Gasteiger partial charge is 0.00148 e. The average Bonchev–Trinajstić information content (AvgIpc) is 2.05. The normalized spacial score (nSPS) is 39.2. The van der Waals surface area contributed by atoms with Crippen molar-refractivity contribution in [2.75, 3.05) is 13.1 Å². The molecule has 1 fully saturated rings. The van der Waals surface area contributed by atoms with Gasteiger partial charge in [-0.05, 0) is 44.2 Å². The molecule has 0 aromatic heterocycles. The fourth-order valence-corrected chi connectivity index (χ4v) is 2.09. The average molecular weight is 137 g/mol. The lowest BCUT2D eigenvalue weighted by molar-refractivity contribution is 0.277. The van der Waals surface area contributed by atoms with E-state index in [4.69, 9.17) is 0 Å². The maximum atomic E-state index is 3.45. The fraction of sp³-hybridized carbons (Fsp3) is 0.778. The topological polar surface area (TPSA) is 12.0 Å². The van der Waals surface area contributed by atoms with Crippen LogP contribution in [0.5, 0.6) is 0 Å². The van der Waals surface area contributed by atoms with Crippen molar-refractivity contribution in [3.8, 4) is 0 Å². The highest BCUT2D eigenvalue weighted by atomic mass is 14.9. The minimum Gasteiger partial charge on any atom is -0.316 e. The Labute approximate surface area is 62.5 Å². The van der Waals surface area contributed by atoms with Crippen molar-refractivity contribution in [1.29, 1.82) is 0 Å².